The number of carbonyl (C=O) groups excluding carboxylic acids is 1. The van der Waals surface area contributed by atoms with Gasteiger partial charge in [-0.3, -0.25) is 4.79 Å². The van der Waals surface area contributed by atoms with Crippen LogP contribution in [0.1, 0.15) is 55.8 Å². The van der Waals surface area contributed by atoms with E-state index in [4.69, 9.17) is 0 Å². The Balaban J connectivity index is 1.29. The molecule has 4 rings (SSSR count). The molecule has 27 heavy (non-hydrogen) atoms. The molecule has 0 spiro atoms. The number of sulfone groups is 1. The Morgan fingerprint density at radius 2 is 1.81 bits per heavy atom. The zero-order chi connectivity index (χ0) is 19.0. The van der Waals surface area contributed by atoms with Crippen LogP contribution < -0.4 is 16.2 Å². The third-order valence-electron chi connectivity index (χ3n) is 5.93. The molecule has 1 unspecified atom stereocenters. The van der Waals surface area contributed by atoms with E-state index in [1.165, 1.54) is 0 Å². The normalized spacial score (nSPS) is 29.3. The lowest BCUT2D eigenvalue weighted by atomic mass is 9.91. The molecule has 1 aromatic rings. The molecule has 2 fully saturated rings. The average molecular weight is 394 g/mol. The van der Waals surface area contributed by atoms with Crippen molar-refractivity contribution in [2.45, 2.75) is 69.5 Å². The van der Waals surface area contributed by atoms with Gasteiger partial charge in [-0.25, -0.2) is 17.9 Å². The van der Waals surface area contributed by atoms with Crippen molar-refractivity contribution < 1.29 is 13.2 Å². The largest absolute Gasteiger partial charge is 0.335 e. The molecular weight excluding hydrogens is 368 g/mol. The average Bonchev–Trinajstić information content (AvgIpc) is 3.20. The van der Waals surface area contributed by atoms with Crippen molar-refractivity contribution in [2.75, 3.05) is 11.5 Å². The van der Waals surface area contributed by atoms with Crippen molar-refractivity contribution >= 4 is 15.9 Å². The number of amides is 2. The fraction of sp³-hybridized carbons (Fsp3) is 0.722. The summed E-state index contributed by atoms with van der Waals surface area (Å²) in [5, 5.41) is 10.3. The summed E-state index contributed by atoms with van der Waals surface area (Å²) in [4.78, 5) is 24.5. The summed E-state index contributed by atoms with van der Waals surface area (Å²) in [5.41, 5.74) is 2.13. The maximum absolute atomic E-state index is 12.4. The van der Waals surface area contributed by atoms with Gasteiger partial charge in [-0.2, -0.15) is 5.10 Å². The molecule has 0 radical (unpaired) electrons. The molecule has 1 aromatic heterocycles. The molecule has 2 amide bonds. The highest BCUT2D eigenvalue weighted by Gasteiger charge is 2.30. The molecule has 1 aliphatic heterocycles. The van der Waals surface area contributed by atoms with Crippen molar-refractivity contribution in [1.82, 2.24) is 20.4 Å². The Labute approximate surface area is 158 Å². The van der Waals surface area contributed by atoms with Crippen LogP contribution in [0.5, 0.6) is 0 Å². The molecule has 9 heteroatoms. The number of carbonyl (C=O) groups is 1. The molecule has 0 aromatic carbocycles. The molecule has 2 aliphatic carbocycles. The minimum atomic E-state index is -3.00. The first-order valence-electron chi connectivity index (χ1n) is 9.79. The van der Waals surface area contributed by atoms with Crippen molar-refractivity contribution in [3.05, 3.63) is 27.7 Å². The summed E-state index contributed by atoms with van der Waals surface area (Å²) < 4.78 is 24.6. The van der Waals surface area contributed by atoms with E-state index in [1.807, 2.05) is 0 Å². The Morgan fingerprint density at radius 1 is 1.07 bits per heavy atom. The van der Waals surface area contributed by atoms with E-state index in [9.17, 15) is 18.0 Å². The lowest BCUT2D eigenvalue weighted by molar-refractivity contribution is 0.221. The molecule has 1 atom stereocenters. The van der Waals surface area contributed by atoms with Gasteiger partial charge in [0.1, 0.15) is 0 Å². The van der Waals surface area contributed by atoms with Gasteiger partial charge in [0.05, 0.1) is 23.2 Å². The Bertz CT molecular complexity index is 887. The number of hydrogen-bond donors (Lipinski definition) is 2. The third-order valence-corrected chi connectivity index (χ3v) is 7.70. The summed E-state index contributed by atoms with van der Waals surface area (Å²) in [7, 11) is -3.00. The fourth-order valence-corrected chi connectivity index (χ4v) is 6.14. The summed E-state index contributed by atoms with van der Waals surface area (Å²) in [6, 6.07) is 1.28. The van der Waals surface area contributed by atoms with Gasteiger partial charge in [0, 0.05) is 18.2 Å². The topological polar surface area (TPSA) is 110 Å². The second-order valence-electron chi connectivity index (χ2n) is 7.98. The number of aryl methyl sites for hydroxylation is 2. The molecule has 3 aliphatic rings. The van der Waals surface area contributed by atoms with Crippen molar-refractivity contribution in [1.29, 1.82) is 0 Å². The monoisotopic (exact) mass is 394 g/mol. The molecule has 0 bridgehead atoms. The van der Waals surface area contributed by atoms with E-state index in [1.54, 1.807) is 10.7 Å². The van der Waals surface area contributed by atoms with Gasteiger partial charge in [-0.15, -0.1) is 0 Å². The van der Waals surface area contributed by atoms with Crippen LogP contribution in [-0.4, -0.2) is 47.8 Å². The first kappa shape index (κ1) is 18.5. The minimum Gasteiger partial charge on any atom is -0.335 e. The van der Waals surface area contributed by atoms with Crippen LogP contribution >= 0.6 is 0 Å². The highest BCUT2D eigenvalue weighted by Crippen LogP contribution is 2.28. The first-order chi connectivity index (χ1) is 12.9. The summed E-state index contributed by atoms with van der Waals surface area (Å²) in [5.74, 6) is 0.172. The van der Waals surface area contributed by atoms with Crippen LogP contribution in [0.25, 0.3) is 0 Å². The Kier molecular flexibility index (Phi) is 4.96. The van der Waals surface area contributed by atoms with E-state index in [2.05, 4.69) is 15.7 Å². The predicted octanol–water partition coefficient (Wildman–Crippen LogP) is 0.702. The van der Waals surface area contributed by atoms with E-state index in [0.29, 0.717) is 6.42 Å². The maximum Gasteiger partial charge on any atom is 0.315 e. The van der Waals surface area contributed by atoms with Gasteiger partial charge in [-0.1, -0.05) is 0 Å². The maximum atomic E-state index is 12.4. The lowest BCUT2D eigenvalue weighted by Crippen LogP contribution is -2.48. The van der Waals surface area contributed by atoms with Gasteiger partial charge in [0.25, 0.3) is 5.56 Å². The number of aromatic nitrogens is 2. The van der Waals surface area contributed by atoms with E-state index in [-0.39, 0.29) is 41.2 Å². The number of nitrogens with one attached hydrogen (secondary N) is 2. The zero-order valence-corrected chi connectivity index (χ0v) is 16.1. The number of rotatable bonds is 3. The second kappa shape index (κ2) is 7.26. The van der Waals surface area contributed by atoms with Crippen LogP contribution in [0.2, 0.25) is 0 Å². The molecule has 148 valence electrons. The molecule has 2 heterocycles. The van der Waals surface area contributed by atoms with E-state index in [0.717, 1.165) is 56.2 Å². The molecule has 1 saturated carbocycles. The van der Waals surface area contributed by atoms with Crippen LogP contribution in [-0.2, 0) is 22.7 Å². The van der Waals surface area contributed by atoms with Gasteiger partial charge in [0.2, 0.25) is 0 Å². The smallest absolute Gasteiger partial charge is 0.315 e. The number of fused-ring (bicyclic) bond motifs is 1. The number of urea groups is 1. The highest BCUT2D eigenvalue weighted by atomic mass is 32.2. The van der Waals surface area contributed by atoms with Crippen LogP contribution in [0, 0.1) is 0 Å². The Hall–Kier alpha value is -1.90. The van der Waals surface area contributed by atoms with Crippen LogP contribution in [0.15, 0.2) is 10.9 Å². The number of hydrogen-bond acceptors (Lipinski definition) is 5. The lowest BCUT2D eigenvalue weighted by Gasteiger charge is -2.30. The summed E-state index contributed by atoms with van der Waals surface area (Å²) in [6.07, 6.45) is 6.62. The quantitative estimate of drug-likeness (QED) is 0.784. The van der Waals surface area contributed by atoms with Crippen LogP contribution in [0.3, 0.4) is 0 Å². The van der Waals surface area contributed by atoms with Gasteiger partial charge in [0.15, 0.2) is 9.84 Å². The standard InChI is InChI=1S/C18H26N4O4S/c23-17-10-12-2-1-3-16(12)21-22(17)15-6-4-13(5-7-15)19-18(24)20-14-8-9-27(25,26)11-14/h10,13-15H,1-9,11H2,(H2,19,20,24). The number of nitrogens with zero attached hydrogens (tertiary/aromatic N) is 2. The third kappa shape index (κ3) is 4.17. The molecular formula is C18H26N4O4S. The van der Waals surface area contributed by atoms with Gasteiger partial charge < -0.3 is 10.6 Å². The van der Waals surface area contributed by atoms with Gasteiger partial charge >= 0.3 is 6.03 Å². The van der Waals surface area contributed by atoms with Crippen molar-refractivity contribution in [3.8, 4) is 0 Å². The van der Waals surface area contributed by atoms with Gasteiger partial charge in [-0.05, 0) is 56.9 Å². The van der Waals surface area contributed by atoms with Crippen LogP contribution in [0.4, 0.5) is 4.79 Å². The Morgan fingerprint density at radius 3 is 2.52 bits per heavy atom. The SMILES string of the molecule is O=C(NC1CCC(n2nc3c(cc2=O)CCC3)CC1)NC1CCS(=O)(=O)C1. The van der Waals surface area contributed by atoms with E-state index >= 15 is 0 Å². The summed E-state index contributed by atoms with van der Waals surface area (Å²) >= 11 is 0. The fourth-order valence-electron chi connectivity index (χ4n) is 4.46. The molecule has 2 N–H and O–H groups in total. The highest BCUT2D eigenvalue weighted by molar-refractivity contribution is 7.91. The first-order valence-corrected chi connectivity index (χ1v) is 11.6. The predicted molar refractivity (Wildman–Crippen MR) is 101 cm³/mol. The van der Waals surface area contributed by atoms with Crippen molar-refractivity contribution in [2.24, 2.45) is 0 Å². The molecule has 8 nitrogen and oxygen atoms in total. The summed E-state index contributed by atoms with van der Waals surface area (Å²) in [6.45, 7) is 0. The zero-order valence-electron chi connectivity index (χ0n) is 15.3. The van der Waals surface area contributed by atoms with E-state index < -0.39 is 9.84 Å². The van der Waals surface area contributed by atoms with Crippen molar-refractivity contribution in [3.63, 3.8) is 0 Å². The minimum absolute atomic E-state index is 0.0211. The second-order valence-corrected chi connectivity index (χ2v) is 10.2. The molecule has 1 saturated heterocycles.